The Morgan fingerprint density at radius 2 is 1.86 bits per heavy atom. The van der Waals surface area contributed by atoms with E-state index in [1.54, 1.807) is 24.3 Å². The Labute approximate surface area is 137 Å². The number of nitrogens with two attached hydrogens (primary N) is 1. The first-order valence-corrected chi connectivity index (χ1v) is 7.27. The van der Waals surface area contributed by atoms with Crippen molar-refractivity contribution in [1.29, 1.82) is 0 Å². The standard InChI is InChI=1S/C15H14Cl2N2O3/c16-13-5-4-9(7-14(13)17)12(8-18)15(20)10-2-1-3-11(6-10)19(21)22/h1-7,12,15,20H,8,18H2. The van der Waals surface area contributed by atoms with Gasteiger partial charge in [-0.05, 0) is 23.3 Å². The predicted molar refractivity (Wildman–Crippen MR) is 86.3 cm³/mol. The van der Waals surface area contributed by atoms with Crippen LogP contribution in [0.4, 0.5) is 5.69 Å². The minimum absolute atomic E-state index is 0.0820. The normalized spacial score (nSPS) is 13.6. The zero-order chi connectivity index (χ0) is 16.3. The molecule has 0 radical (unpaired) electrons. The first-order valence-electron chi connectivity index (χ1n) is 6.51. The fourth-order valence-corrected chi connectivity index (χ4v) is 2.55. The van der Waals surface area contributed by atoms with E-state index >= 15 is 0 Å². The van der Waals surface area contributed by atoms with Gasteiger partial charge in [0.05, 0.1) is 21.1 Å². The van der Waals surface area contributed by atoms with Crippen LogP contribution in [0.25, 0.3) is 0 Å². The Bertz CT molecular complexity index is 694. The van der Waals surface area contributed by atoms with Gasteiger partial charge in [-0.15, -0.1) is 0 Å². The van der Waals surface area contributed by atoms with Gasteiger partial charge >= 0.3 is 0 Å². The van der Waals surface area contributed by atoms with Crippen molar-refractivity contribution in [2.24, 2.45) is 5.73 Å². The first-order chi connectivity index (χ1) is 10.4. The van der Waals surface area contributed by atoms with Crippen LogP contribution in [0.5, 0.6) is 0 Å². The van der Waals surface area contributed by atoms with E-state index in [1.165, 1.54) is 18.2 Å². The number of hydrogen-bond acceptors (Lipinski definition) is 4. The SMILES string of the molecule is NCC(c1ccc(Cl)c(Cl)c1)C(O)c1cccc([N+](=O)[O-])c1. The molecule has 0 bridgehead atoms. The molecule has 0 amide bonds. The molecule has 116 valence electrons. The summed E-state index contributed by atoms with van der Waals surface area (Å²) in [5, 5.41) is 22.1. The molecule has 0 aliphatic rings. The number of halogens is 2. The number of non-ortho nitro benzene ring substituents is 1. The number of aliphatic hydroxyl groups excluding tert-OH is 1. The van der Waals surface area contributed by atoms with Crippen LogP contribution in [-0.2, 0) is 0 Å². The molecule has 0 aliphatic carbocycles. The van der Waals surface area contributed by atoms with Gasteiger partial charge < -0.3 is 10.8 Å². The molecule has 0 saturated heterocycles. The lowest BCUT2D eigenvalue weighted by atomic mass is 9.89. The monoisotopic (exact) mass is 340 g/mol. The van der Waals surface area contributed by atoms with Crippen molar-refractivity contribution >= 4 is 28.9 Å². The third kappa shape index (κ3) is 3.56. The smallest absolute Gasteiger partial charge is 0.269 e. The van der Waals surface area contributed by atoms with Crippen molar-refractivity contribution < 1.29 is 10.0 Å². The Morgan fingerprint density at radius 1 is 1.14 bits per heavy atom. The van der Waals surface area contributed by atoms with Crippen LogP contribution in [0.1, 0.15) is 23.1 Å². The molecule has 0 aliphatic heterocycles. The van der Waals surface area contributed by atoms with E-state index in [9.17, 15) is 15.2 Å². The fraction of sp³-hybridized carbons (Fsp3) is 0.200. The van der Waals surface area contributed by atoms with E-state index in [0.717, 1.165) is 5.56 Å². The van der Waals surface area contributed by atoms with Crippen LogP contribution in [0.2, 0.25) is 10.0 Å². The van der Waals surface area contributed by atoms with Gasteiger partial charge in [-0.3, -0.25) is 10.1 Å². The maximum Gasteiger partial charge on any atom is 0.269 e. The highest BCUT2D eigenvalue weighted by atomic mass is 35.5. The van der Waals surface area contributed by atoms with Crippen LogP contribution < -0.4 is 5.73 Å². The molecular formula is C15H14Cl2N2O3. The Balaban J connectivity index is 2.36. The summed E-state index contributed by atoms with van der Waals surface area (Å²) < 4.78 is 0. The van der Waals surface area contributed by atoms with Crippen LogP contribution in [0.15, 0.2) is 42.5 Å². The third-order valence-corrected chi connectivity index (χ3v) is 4.17. The molecule has 0 aromatic heterocycles. The summed E-state index contributed by atoms with van der Waals surface area (Å²) in [5.74, 6) is -0.447. The van der Waals surface area contributed by atoms with Crippen molar-refractivity contribution in [3.8, 4) is 0 Å². The molecule has 2 unspecified atom stereocenters. The predicted octanol–water partition coefficient (Wildman–Crippen LogP) is 3.68. The number of hydrogen-bond donors (Lipinski definition) is 2. The van der Waals surface area contributed by atoms with E-state index in [0.29, 0.717) is 15.6 Å². The molecule has 0 saturated carbocycles. The first kappa shape index (κ1) is 16.7. The van der Waals surface area contributed by atoms with Crippen molar-refractivity contribution in [2.45, 2.75) is 12.0 Å². The number of rotatable bonds is 5. The summed E-state index contributed by atoms with van der Waals surface area (Å²) in [4.78, 5) is 10.3. The molecule has 3 N–H and O–H groups in total. The van der Waals surface area contributed by atoms with Crippen molar-refractivity contribution in [2.75, 3.05) is 6.54 Å². The number of aliphatic hydroxyl groups is 1. The molecular weight excluding hydrogens is 327 g/mol. The summed E-state index contributed by atoms with van der Waals surface area (Å²) >= 11 is 11.9. The van der Waals surface area contributed by atoms with Crippen molar-refractivity contribution in [1.82, 2.24) is 0 Å². The second-order valence-corrected chi connectivity index (χ2v) is 5.63. The van der Waals surface area contributed by atoms with Crippen LogP contribution in [-0.4, -0.2) is 16.6 Å². The number of benzene rings is 2. The molecule has 0 fully saturated rings. The van der Waals surface area contributed by atoms with E-state index in [2.05, 4.69) is 0 Å². The van der Waals surface area contributed by atoms with Crippen LogP contribution >= 0.6 is 23.2 Å². The summed E-state index contributed by atoms with van der Waals surface area (Å²) in [6.45, 7) is 0.155. The maximum absolute atomic E-state index is 10.8. The van der Waals surface area contributed by atoms with Gasteiger partial charge in [0.15, 0.2) is 0 Å². The molecule has 5 nitrogen and oxygen atoms in total. The minimum atomic E-state index is -0.984. The molecule has 2 rings (SSSR count). The average Bonchev–Trinajstić information content (AvgIpc) is 2.51. The van der Waals surface area contributed by atoms with Crippen molar-refractivity contribution in [3.05, 3.63) is 73.8 Å². The van der Waals surface area contributed by atoms with E-state index in [1.807, 2.05) is 0 Å². The highest BCUT2D eigenvalue weighted by Crippen LogP contribution is 2.34. The molecule has 0 spiro atoms. The Kier molecular flexibility index (Phi) is 5.37. The zero-order valence-electron chi connectivity index (χ0n) is 11.4. The van der Waals surface area contributed by atoms with Gasteiger partial charge in [0.1, 0.15) is 0 Å². The topological polar surface area (TPSA) is 89.4 Å². The highest BCUT2D eigenvalue weighted by molar-refractivity contribution is 6.42. The lowest BCUT2D eigenvalue weighted by Crippen LogP contribution is -2.20. The lowest BCUT2D eigenvalue weighted by molar-refractivity contribution is -0.385. The second kappa shape index (κ2) is 7.07. The molecule has 0 heterocycles. The largest absolute Gasteiger partial charge is 0.388 e. The summed E-state index contributed by atoms with van der Waals surface area (Å²) in [7, 11) is 0. The van der Waals surface area contributed by atoms with Gasteiger partial charge in [0.25, 0.3) is 5.69 Å². The van der Waals surface area contributed by atoms with Gasteiger partial charge in [0, 0.05) is 24.6 Å². The summed E-state index contributed by atoms with van der Waals surface area (Å²) in [5.41, 5.74) is 6.82. The van der Waals surface area contributed by atoms with E-state index < -0.39 is 16.9 Å². The summed E-state index contributed by atoms with van der Waals surface area (Å²) in [6, 6.07) is 10.9. The number of nitrogens with zero attached hydrogens (tertiary/aromatic N) is 1. The van der Waals surface area contributed by atoms with Gasteiger partial charge in [0.2, 0.25) is 0 Å². The third-order valence-electron chi connectivity index (χ3n) is 3.43. The van der Waals surface area contributed by atoms with Crippen LogP contribution in [0, 0.1) is 10.1 Å². The Morgan fingerprint density at radius 3 is 2.45 bits per heavy atom. The second-order valence-electron chi connectivity index (χ2n) is 4.81. The quantitative estimate of drug-likeness (QED) is 0.641. The Hall–Kier alpha value is -1.66. The maximum atomic E-state index is 10.8. The van der Waals surface area contributed by atoms with Crippen LogP contribution in [0.3, 0.4) is 0 Å². The van der Waals surface area contributed by atoms with E-state index in [-0.39, 0.29) is 12.2 Å². The molecule has 22 heavy (non-hydrogen) atoms. The minimum Gasteiger partial charge on any atom is -0.388 e. The molecule has 7 heteroatoms. The zero-order valence-corrected chi connectivity index (χ0v) is 13.0. The summed E-state index contributed by atoms with van der Waals surface area (Å²) in [6.07, 6.45) is -0.984. The van der Waals surface area contributed by atoms with E-state index in [4.69, 9.17) is 28.9 Å². The number of nitro groups is 1. The average molecular weight is 341 g/mol. The molecule has 2 aromatic carbocycles. The molecule has 2 atom stereocenters. The van der Waals surface area contributed by atoms with Gasteiger partial charge in [-0.1, -0.05) is 41.4 Å². The van der Waals surface area contributed by atoms with Crippen molar-refractivity contribution in [3.63, 3.8) is 0 Å². The lowest BCUT2D eigenvalue weighted by Gasteiger charge is -2.22. The number of nitro benzene ring substituents is 1. The van der Waals surface area contributed by atoms with Gasteiger partial charge in [-0.25, -0.2) is 0 Å². The van der Waals surface area contributed by atoms with Gasteiger partial charge in [-0.2, -0.15) is 0 Å². The molecule has 2 aromatic rings. The fourth-order valence-electron chi connectivity index (χ4n) is 2.24. The highest BCUT2D eigenvalue weighted by Gasteiger charge is 2.23.